The molecule has 2 fully saturated rings. The average molecular weight is 465 g/mol. The number of hydroxylamine groups is 1. The van der Waals surface area contributed by atoms with Crippen LogP contribution in [0.4, 0.5) is 17.1 Å². The van der Waals surface area contributed by atoms with Crippen LogP contribution in [0.15, 0.2) is 97.1 Å². The van der Waals surface area contributed by atoms with Crippen molar-refractivity contribution in [3.8, 4) is 0 Å². The van der Waals surface area contributed by atoms with Crippen LogP contribution >= 0.6 is 0 Å². The molecular formula is C27H19N3O5. The second-order valence-electron chi connectivity index (χ2n) is 8.52. The summed E-state index contributed by atoms with van der Waals surface area (Å²) in [5.74, 6) is -1.72. The first-order valence-corrected chi connectivity index (χ1v) is 11.2. The third-order valence-electron chi connectivity index (χ3n) is 6.56. The first kappa shape index (κ1) is 21.0. The van der Waals surface area contributed by atoms with Crippen molar-refractivity contribution in [2.75, 3.05) is 9.96 Å². The van der Waals surface area contributed by atoms with E-state index < -0.39 is 34.8 Å². The van der Waals surface area contributed by atoms with Crippen molar-refractivity contribution in [3.63, 3.8) is 0 Å². The molecule has 0 radical (unpaired) electrons. The number of carbonyl (C=O) groups is 2. The summed E-state index contributed by atoms with van der Waals surface area (Å²) in [5, 5.41) is 14.7. The van der Waals surface area contributed by atoms with Gasteiger partial charge < -0.3 is 0 Å². The van der Waals surface area contributed by atoms with E-state index in [9.17, 15) is 19.7 Å². The molecule has 2 aliphatic rings. The lowest BCUT2D eigenvalue weighted by Crippen LogP contribution is -2.37. The van der Waals surface area contributed by atoms with Crippen LogP contribution in [0.25, 0.3) is 10.8 Å². The maximum absolute atomic E-state index is 13.9. The zero-order valence-electron chi connectivity index (χ0n) is 18.4. The van der Waals surface area contributed by atoms with Crippen LogP contribution in [0.1, 0.15) is 11.6 Å². The minimum atomic E-state index is -1.05. The van der Waals surface area contributed by atoms with Crippen molar-refractivity contribution in [3.05, 3.63) is 113 Å². The van der Waals surface area contributed by atoms with Gasteiger partial charge in [0.15, 0.2) is 6.10 Å². The number of imide groups is 1. The van der Waals surface area contributed by atoms with E-state index in [1.54, 1.807) is 18.2 Å². The van der Waals surface area contributed by atoms with E-state index in [1.807, 2.05) is 66.7 Å². The van der Waals surface area contributed by atoms with Crippen molar-refractivity contribution in [2.45, 2.75) is 12.1 Å². The molecule has 4 aromatic carbocycles. The van der Waals surface area contributed by atoms with Crippen molar-refractivity contribution in [1.82, 2.24) is 0 Å². The van der Waals surface area contributed by atoms with Crippen LogP contribution in [0.2, 0.25) is 0 Å². The number of fused-ring (bicyclic) bond motifs is 2. The van der Waals surface area contributed by atoms with Gasteiger partial charge >= 0.3 is 0 Å². The number of hydrogen-bond acceptors (Lipinski definition) is 6. The maximum Gasteiger partial charge on any atom is 0.269 e. The Morgan fingerprint density at radius 1 is 0.800 bits per heavy atom. The lowest BCUT2D eigenvalue weighted by Gasteiger charge is -2.29. The van der Waals surface area contributed by atoms with Gasteiger partial charge in [0.05, 0.1) is 22.3 Å². The van der Waals surface area contributed by atoms with Crippen molar-refractivity contribution in [2.24, 2.45) is 5.92 Å². The first-order valence-electron chi connectivity index (χ1n) is 11.2. The lowest BCUT2D eigenvalue weighted by molar-refractivity contribution is -0.384. The summed E-state index contributed by atoms with van der Waals surface area (Å²) in [7, 11) is 0. The number of nitro groups is 1. The highest BCUT2D eigenvalue weighted by molar-refractivity contribution is 6.26. The molecule has 3 atom stereocenters. The molecular weight excluding hydrogens is 446 g/mol. The predicted octanol–water partition coefficient (Wildman–Crippen LogP) is 4.80. The Kier molecular flexibility index (Phi) is 4.82. The minimum Gasteiger partial charge on any atom is -0.273 e. The molecule has 8 nitrogen and oxygen atoms in total. The van der Waals surface area contributed by atoms with Gasteiger partial charge in [0.1, 0.15) is 5.92 Å². The highest BCUT2D eigenvalue weighted by Crippen LogP contribution is 2.48. The molecule has 4 aromatic rings. The quantitative estimate of drug-likeness (QED) is 0.244. The summed E-state index contributed by atoms with van der Waals surface area (Å²) in [6, 6.07) is 27.5. The van der Waals surface area contributed by atoms with Crippen LogP contribution in [0.3, 0.4) is 0 Å². The van der Waals surface area contributed by atoms with E-state index in [4.69, 9.17) is 4.84 Å². The second-order valence-corrected chi connectivity index (χ2v) is 8.52. The van der Waals surface area contributed by atoms with E-state index >= 15 is 0 Å². The number of hydrogen-bond donors (Lipinski definition) is 0. The summed E-state index contributed by atoms with van der Waals surface area (Å²) < 4.78 is 0. The van der Waals surface area contributed by atoms with Crippen LogP contribution in [0.5, 0.6) is 0 Å². The van der Waals surface area contributed by atoms with Gasteiger partial charge in [0.2, 0.25) is 5.91 Å². The van der Waals surface area contributed by atoms with Gasteiger partial charge in [-0.25, -0.2) is 9.96 Å². The van der Waals surface area contributed by atoms with E-state index in [2.05, 4.69) is 0 Å². The fourth-order valence-electron chi connectivity index (χ4n) is 5.02. The highest BCUT2D eigenvalue weighted by Gasteiger charge is 2.60. The smallest absolute Gasteiger partial charge is 0.269 e. The summed E-state index contributed by atoms with van der Waals surface area (Å²) in [6.07, 6.45) is -1.05. The number of rotatable bonds is 4. The van der Waals surface area contributed by atoms with Gasteiger partial charge in [0.25, 0.3) is 11.6 Å². The number of benzene rings is 4. The Bertz CT molecular complexity index is 1480. The third kappa shape index (κ3) is 3.26. The number of nitro benzene ring substituents is 1. The summed E-state index contributed by atoms with van der Waals surface area (Å²) in [6.45, 7) is 0. The molecule has 0 bridgehead atoms. The van der Waals surface area contributed by atoms with Gasteiger partial charge in [-0.2, -0.15) is 0 Å². The molecule has 2 aliphatic heterocycles. The highest BCUT2D eigenvalue weighted by atomic mass is 16.7. The van der Waals surface area contributed by atoms with Crippen molar-refractivity contribution >= 4 is 39.6 Å². The van der Waals surface area contributed by atoms with E-state index in [0.717, 1.165) is 10.8 Å². The predicted molar refractivity (Wildman–Crippen MR) is 130 cm³/mol. The first-order chi connectivity index (χ1) is 17.0. The zero-order chi connectivity index (χ0) is 24.1. The number of non-ortho nitro benzene ring substituents is 1. The average Bonchev–Trinajstić information content (AvgIpc) is 3.40. The molecule has 0 saturated carbocycles. The molecule has 0 spiro atoms. The van der Waals surface area contributed by atoms with Crippen LogP contribution in [-0.4, -0.2) is 22.8 Å². The fourth-order valence-corrected chi connectivity index (χ4v) is 5.02. The van der Waals surface area contributed by atoms with E-state index in [1.165, 1.54) is 22.1 Å². The Morgan fingerprint density at radius 2 is 1.51 bits per heavy atom. The summed E-state index contributed by atoms with van der Waals surface area (Å²) in [5.41, 5.74) is 1.58. The van der Waals surface area contributed by atoms with Crippen LogP contribution in [0, 0.1) is 16.0 Å². The Balaban J connectivity index is 1.48. The molecule has 2 saturated heterocycles. The summed E-state index contributed by atoms with van der Waals surface area (Å²) >= 11 is 0. The standard InChI is InChI=1S/C27H19N3O5/c31-26-23-24(18-10-6-13-20(16-18)30(33)34)29(19-11-2-1-3-12-19)35-25(23)27(32)28(26)22-15-7-9-17-8-4-5-14-21(17)22/h1-16,23-25H/t23-,24+,25-/m1/s1. The number of amides is 2. The molecule has 8 heteroatoms. The van der Waals surface area contributed by atoms with Crippen molar-refractivity contribution in [1.29, 1.82) is 0 Å². The molecule has 0 aromatic heterocycles. The SMILES string of the molecule is O=C1[C@H]2[C@@H](ON(c3ccccc3)[C@H]2c2cccc([N+](=O)[O-])c2)C(=O)N1c1cccc2ccccc12. The molecule has 2 amide bonds. The molecule has 0 aliphatic carbocycles. The minimum absolute atomic E-state index is 0.0957. The lowest BCUT2D eigenvalue weighted by atomic mass is 9.90. The largest absolute Gasteiger partial charge is 0.273 e. The zero-order valence-corrected chi connectivity index (χ0v) is 18.4. The number of nitrogens with zero attached hydrogens (tertiary/aromatic N) is 3. The van der Waals surface area contributed by atoms with Gasteiger partial charge in [-0.05, 0) is 29.1 Å². The Labute approximate surface area is 200 Å². The van der Waals surface area contributed by atoms with Gasteiger partial charge in [-0.3, -0.25) is 24.5 Å². The topological polar surface area (TPSA) is 93.0 Å². The van der Waals surface area contributed by atoms with Crippen LogP contribution < -0.4 is 9.96 Å². The molecule has 6 rings (SSSR count). The Morgan fingerprint density at radius 3 is 2.31 bits per heavy atom. The Hall–Kier alpha value is -4.56. The monoisotopic (exact) mass is 465 g/mol. The molecule has 0 unspecified atom stereocenters. The fraction of sp³-hybridized carbons (Fsp3) is 0.111. The van der Waals surface area contributed by atoms with Crippen LogP contribution in [-0.2, 0) is 14.4 Å². The molecule has 35 heavy (non-hydrogen) atoms. The number of carbonyl (C=O) groups excluding carboxylic acids is 2. The maximum atomic E-state index is 13.9. The number of anilines is 2. The second kappa shape index (κ2) is 8.03. The normalized spacial score (nSPS) is 21.5. The molecule has 0 N–H and O–H groups in total. The molecule has 172 valence electrons. The van der Waals surface area contributed by atoms with Gasteiger partial charge in [0, 0.05) is 17.5 Å². The van der Waals surface area contributed by atoms with E-state index in [0.29, 0.717) is 16.9 Å². The van der Waals surface area contributed by atoms with Gasteiger partial charge in [-0.15, -0.1) is 0 Å². The third-order valence-corrected chi connectivity index (χ3v) is 6.56. The molecule has 2 heterocycles. The summed E-state index contributed by atoms with van der Waals surface area (Å²) in [4.78, 5) is 45.8. The number of para-hydroxylation sites is 1. The van der Waals surface area contributed by atoms with E-state index in [-0.39, 0.29) is 5.69 Å². The van der Waals surface area contributed by atoms with Crippen molar-refractivity contribution < 1.29 is 19.3 Å². The van der Waals surface area contributed by atoms with Gasteiger partial charge in [-0.1, -0.05) is 66.7 Å².